The van der Waals surface area contributed by atoms with Crippen molar-refractivity contribution < 1.29 is 0 Å². The molecular weight excluding hydrogens is 236 g/mol. The Hall–Kier alpha value is -1.13. The number of rotatable bonds is 3. The maximum atomic E-state index is 5.59. The van der Waals surface area contributed by atoms with E-state index in [1.54, 1.807) is 0 Å². The summed E-state index contributed by atoms with van der Waals surface area (Å²) in [4.78, 5) is 9.40. The minimum absolute atomic E-state index is 0.172. The van der Waals surface area contributed by atoms with E-state index in [1.165, 1.54) is 5.56 Å². The van der Waals surface area contributed by atoms with Crippen LogP contribution in [0.1, 0.15) is 26.3 Å². The number of hydrogen-bond acceptors (Lipinski definition) is 4. The lowest BCUT2D eigenvalue weighted by atomic mass is 9.88. The van der Waals surface area contributed by atoms with Crippen LogP contribution in [0, 0.1) is 0 Å². The van der Waals surface area contributed by atoms with Crippen molar-refractivity contribution in [3.63, 3.8) is 0 Å². The summed E-state index contributed by atoms with van der Waals surface area (Å²) in [5.74, 6) is 1.10. The maximum absolute atomic E-state index is 5.59. The summed E-state index contributed by atoms with van der Waals surface area (Å²) < 4.78 is 0. The number of aromatic nitrogens is 1. The molecule has 1 aliphatic rings. The fraction of sp³-hybridized carbons (Fsp3) is 0.667. The minimum Gasteiger partial charge on any atom is -0.354 e. The summed E-state index contributed by atoms with van der Waals surface area (Å²) in [5.41, 5.74) is 7.06. The number of hydrogen-bond donors (Lipinski definition) is 1. The molecule has 1 fully saturated rings. The average Bonchev–Trinajstić information content (AvgIpc) is 2.39. The molecule has 1 aromatic rings. The highest BCUT2D eigenvalue weighted by atomic mass is 15.3. The number of piperazine rings is 1. The number of anilines is 1. The molecule has 0 aromatic carbocycles. The van der Waals surface area contributed by atoms with Crippen molar-refractivity contribution >= 4 is 5.82 Å². The van der Waals surface area contributed by atoms with E-state index in [0.29, 0.717) is 0 Å². The predicted octanol–water partition coefficient (Wildman–Crippen LogP) is 1.46. The molecule has 2 rings (SSSR count). The molecule has 0 radical (unpaired) electrons. The molecule has 1 aliphatic heterocycles. The summed E-state index contributed by atoms with van der Waals surface area (Å²) in [6.07, 6.45) is 2.02. The van der Waals surface area contributed by atoms with Crippen molar-refractivity contribution in [3.8, 4) is 0 Å². The Labute approximate surface area is 116 Å². The zero-order valence-corrected chi connectivity index (χ0v) is 12.4. The van der Waals surface area contributed by atoms with Crippen LogP contribution in [-0.2, 0) is 5.41 Å². The van der Waals surface area contributed by atoms with Crippen LogP contribution in [-0.4, -0.2) is 49.2 Å². The third-order valence-electron chi connectivity index (χ3n) is 3.76. The zero-order chi connectivity index (χ0) is 13.9. The van der Waals surface area contributed by atoms with E-state index >= 15 is 0 Å². The van der Waals surface area contributed by atoms with E-state index in [9.17, 15) is 0 Å². The van der Waals surface area contributed by atoms with Gasteiger partial charge >= 0.3 is 0 Å². The maximum Gasteiger partial charge on any atom is 0.128 e. The molecule has 1 saturated heterocycles. The second-order valence-electron chi connectivity index (χ2n) is 6.27. The number of nitrogens with zero attached hydrogens (tertiary/aromatic N) is 3. The Kier molecular flexibility index (Phi) is 4.42. The topological polar surface area (TPSA) is 45.4 Å². The summed E-state index contributed by atoms with van der Waals surface area (Å²) in [6.45, 7) is 12.7. The Balaban J connectivity index is 1.97. The van der Waals surface area contributed by atoms with Gasteiger partial charge < -0.3 is 10.6 Å². The quantitative estimate of drug-likeness (QED) is 0.896. The third-order valence-corrected chi connectivity index (χ3v) is 3.76. The smallest absolute Gasteiger partial charge is 0.128 e. The highest BCUT2D eigenvalue weighted by Crippen LogP contribution is 2.23. The van der Waals surface area contributed by atoms with Crippen LogP contribution < -0.4 is 10.6 Å². The van der Waals surface area contributed by atoms with E-state index in [0.717, 1.165) is 45.1 Å². The van der Waals surface area contributed by atoms with Gasteiger partial charge in [-0.2, -0.15) is 0 Å². The Bertz CT molecular complexity index is 386. The van der Waals surface area contributed by atoms with Gasteiger partial charge in [-0.3, -0.25) is 4.90 Å². The van der Waals surface area contributed by atoms with Crippen LogP contribution in [0.3, 0.4) is 0 Å². The second-order valence-corrected chi connectivity index (χ2v) is 6.27. The van der Waals surface area contributed by atoms with Crippen LogP contribution in [0.2, 0.25) is 0 Å². The fourth-order valence-corrected chi connectivity index (χ4v) is 2.40. The van der Waals surface area contributed by atoms with Gasteiger partial charge in [0, 0.05) is 45.5 Å². The summed E-state index contributed by atoms with van der Waals surface area (Å²) >= 11 is 0. The van der Waals surface area contributed by atoms with Crippen LogP contribution in [0.25, 0.3) is 0 Å². The van der Waals surface area contributed by atoms with Crippen molar-refractivity contribution in [1.82, 2.24) is 9.88 Å². The summed E-state index contributed by atoms with van der Waals surface area (Å²) in [7, 11) is 0. The first-order chi connectivity index (χ1) is 9.00. The fourth-order valence-electron chi connectivity index (χ4n) is 2.40. The molecule has 0 spiro atoms. The van der Waals surface area contributed by atoms with E-state index < -0.39 is 0 Å². The van der Waals surface area contributed by atoms with Gasteiger partial charge in [0.25, 0.3) is 0 Å². The molecule has 0 amide bonds. The first-order valence-electron chi connectivity index (χ1n) is 7.14. The van der Waals surface area contributed by atoms with Gasteiger partial charge in [0.2, 0.25) is 0 Å². The highest BCUT2D eigenvalue weighted by Gasteiger charge is 2.18. The van der Waals surface area contributed by atoms with Crippen LogP contribution in [0.4, 0.5) is 5.82 Å². The second kappa shape index (κ2) is 5.88. The monoisotopic (exact) mass is 262 g/mol. The average molecular weight is 262 g/mol. The first kappa shape index (κ1) is 14.3. The van der Waals surface area contributed by atoms with Crippen LogP contribution in [0.15, 0.2) is 18.3 Å². The van der Waals surface area contributed by atoms with Crippen LogP contribution in [0.5, 0.6) is 0 Å². The standard InChI is InChI=1S/C15H26N4/c1-15(2,3)13-4-5-14(17-12-13)19-10-8-18(7-6-16)9-11-19/h4-5,12H,6-11,16H2,1-3H3. The van der Waals surface area contributed by atoms with Crippen molar-refractivity contribution in [2.24, 2.45) is 5.73 Å². The van der Waals surface area contributed by atoms with E-state index in [2.05, 4.69) is 47.7 Å². The van der Waals surface area contributed by atoms with Gasteiger partial charge in [-0.15, -0.1) is 0 Å². The lowest BCUT2D eigenvalue weighted by Gasteiger charge is -2.35. The Morgan fingerprint density at radius 3 is 2.32 bits per heavy atom. The SMILES string of the molecule is CC(C)(C)c1ccc(N2CCN(CCN)CC2)nc1. The van der Waals surface area contributed by atoms with E-state index in [1.807, 2.05) is 6.20 Å². The van der Waals surface area contributed by atoms with E-state index in [-0.39, 0.29) is 5.41 Å². The molecular formula is C15H26N4. The van der Waals surface area contributed by atoms with Crippen LogP contribution >= 0.6 is 0 Å². The summed E-state index contributed by atoms with van der Waals surface area (Å²) in [5, 5.41) is 0. The molecule has 0 saturated carbocycles. The van der Waals surface area contributed by atoms with Gasteiger partial charge in [0.15, 0.2) is 0 Å². The molecule has 1 aromatic heterocycles. The van der Waals surface area contributed by atoms with Crippen molar-refractivity contribution in [2.75, 3.05) is 44.2 Å². The largest absolute Gasteiger partial charge is 0.354 e. The van der Waals surface area contributed by atoms with Gasteiger partial charge in [-0.25, -0.2) is 4.98 Å². The third kappa shape index (κ3) is 3.67. The normalized spacial score (nSPS) is 17.8. The molecule has 2 N–H and O–H groups in total. The molecule has 0 bridgehead atoms. The van der Waals surface area contributed by atoms with E-state index in [4.69, 9.17) is 5.73 Å². The van der Waals surface area contributed by atoms with Crippen molar-refractivity contribution in [2.45, 2.75) is 26.2 Å². The first-order valence-corrected chi connectivity index (χ1v) is 7.14. The number of pyridine rings is 1. The summed E-state index contributed by atoms with van der Waals surface area (Å²) in [6, 6.07) is 4.35. The van der Waals surface area contributed by atoms with Gasteiger partial charge in [0.05, 0.1) is 0 Å². The highest BCUT2D eigenvalue weighted by molar-refractivity contribution is 5.41. The molecule has 2 heterocycles. The van der Waals surface area contributed by atoms with Crippen molar-refractivity contribution in [3.05, 3.63) is 23.9 Å². The lowest BCUT2D eigenvalue weighted by molar-refractivity contribution is 0.264. The van der Waals surface area contributed by atoms with Gasteiger partial charge in [-0.1, -0.05) is 26.8 Å². The Morgan fingerprint density at radius 2 is 1.84 bits per heavy atom. The number of nitrogens with two attached hydrogens (primary N) is 1. The molecule has 19 heavy (non-hydrogen) atoms. The molecule has 0 aliphatic carbocycles. The van der Waals surface area contributed by atoms with Gasteiger partial charge in [0.1, 0.15) is 5.82 Å². The van der Waals surface area contributed by atoms with Gasteiger partial charge in [-0.05, 0) is 17.0 Å². The Morgan fingerprint density at radius 1 is 1.16 bits per heavy atom. The molecule has 0 unspecified atom stereocenters. The van der Waals surface area contributed by atoms with Crippen molar-refractivity contribution in [1.29, 1.82) is 0 Å². The lowest BCUT2D eigenvalue weighted by Crippen LogP contribution is -2.48. The molecule has 0 atom stereocenters. The molecule has 4 heteroatoms. The zero-order valence-electron chi connectivity index (χ0n) is 12.4. The molecule has 4 nitrogen and oxygen atoms in total. The minimum atomic E-state index is 0.172. The molecule has 106 valence electrons. The predicted molar refractivity (Wildman–Crippen MR) is 80.6 cm³/mol.